The zero-order chi connectivity index (χ0) is 20.5. The third-order valence-corrected chi connectivity index (χ3v) is 5.08. The van der Waals surface area contributed by atoms with Crippen LogP contribution >= 0.6 is 0 Å². The second-order valence-corrected chi connectivity index (χ2v) is 6.95. The Morgan fingerprint density at radius 1 is 1.10 bits per heavy atom. The highest BCUT2D eigenvalue weighted by Crippen LogP contribution is 2.35. The molecule has 8 heteroatoms. The molecule has 148 valence electrons. The molecule has 0 unspecified atom stereocenters. The highest BCUT2D eigenvalue weighted by Gasteiger charge is 2.35. The quantitative estimate of drug-likeness (QED) is 0.635. The lowest BCUT2D eigenvalue weighted by Crippen LogP contribution is -2.45. The van der Waals surface area contributed by atoms with Gasteiger partial charge in [-0.25, -0.2) is 9.48 Å². The molecular formula is C21H21N5O3. The number of aromatic nitrogens is 3. The molecule has 4 rings (SSSR count). The monoisotopic (exact) mass is 391 g/mol. The lowest BCUT2D eigenvalue weighted by Gasteiger charge is -2.40. The SMILES string of the molecule is COC(=O)c1cccc(Cn2cc([C@@H]3N(C)C(=O)c4ccccc4N3C)nn2)c1. The van der Waals surface area contributed by atoms with E-state index in [9.17, 15) is 9.59 Å². The van der Waals surface area contributed by atoms with Gasteiger partial charge in [-0.1, -0.05) is 29.5 Å². The lowest BCUT2D eigenvalue weighted by molar-refractivity contribution is 0.0600. The number of anilines is 1. The molecule has 2 aromatic carbocycles. The van der Waals surface area contributed by atoms with Gasteiger partial charge in [0.25, 0.3) is 5.91 Å². The Morgan fingerprint density at radius 2 is 1.90 bits per heavy atom. The van der Waals surface area contributed by atoms with Gasteiger partial charge in [-0.3, -0.25) is 4.79 Å². The summed E-state index contributed by atoms with van der Waals surface area (Å²) in [4.78, 5) is 28.2. The van der Waals surface area contributed by atoms with Crippen LogP contribution in [0.25, 0.3) is 0 Å². The molecular weight excluding hydrogens is 370 g/mol. The number of carbonyl (C=O) groups is 2. The molecule has 0 fully saturated rings. The molecule has 0 aliphatic carbocycles. The number of fused-ring (bicyclic) bond motifs is 1. The van der Waals surface area contributed by atoms with E-state index >= 15 is 0 Å². The van der Waals surface area contributed by atoms with Gasteiger partial charge in [0.2, 0.25) is 0 Å². The Kier molecular flexibility index (Phi) is 4.75. The number of methoxy groups -OCH3 is 1. The average molecular weight is 391 g/mol. The number of ether oxygens (including phenoxy) is 1. The number of hydrogen-bond acceptors (Lipinski definition) is 6. The van der Waals surface area contributed by atoms with E-state index in [-0.39, 0.29) is 18.0 Å². The van der Waals surface area contributed by atoms with E-state index in [2.05, 4.69) is 10.3 Å². The van der Waals surface area contributed by atoms with E-state index in [0.29, 0.717) is 23.4 Å². The number of nitrogens with zero attached hydrogens (tertiary/aromatic N) is 5. The molecule has 0 spiro atoms. The van der Waals surface area contributed by atoms with Crippen molar-refractivity contribution in [2.24, 2.45) is 0 Å². The van der Waals surface area contributed by atoms with Crippen molar-refractivity contribution >= 4 is 17.6 Å². The summed E-state index contributed by atoms with van der Waals surface area (Å²) in [7, 11) is 5.05. The van der Waals surface area contributed by atoms with Crippen LogP contribution in [0.2, 0.25) is 0 Å². The van der Waals surface area contributed by atoms with Crippen molar-refractivity contribution in [2.45, 2.75) is 12.7 Å². The molecule has 1 amide bonds. The van der Waals surface area contributed by atoms with Crippen LogP contribution in [0.15, 0.2) is 54.7 Å². The number of hydrogen-bond donors (Lipinski definition) is 0. The van der Waals surface area contributed by atoms with Crippen molar-refractivity contribution in [2.75, 3.05) is 26.1 Å². The van der Waals surface area contributed by atoms with E-state index in [1.165, 1.54) is 7.11 Å². The highest BCUT2D eigenvalue weighted by atomic mass is 16.5. The number of carbonyl (C=O) groups excluding carboxylic acids is 2. The molecule has 1 aromatic heterocycles. The zero-order valence-electron chi connectivity index (χ0n) is 16.4. The van der Waals surface area contributed by atoms with Crippen molar-refractivity contribution in [3.8, 4) is 0 Å². The molecule has 1 atom stereocenters. The van der Waals surface area contributed by atoms with Gasteiger partial charge in [0.15, 0.2) is 6.17 Å². The average Bonchev–Trinajstić information content (AvgIpc) is 3.19. The van der Waals surface area contributed by atoms with Gasteiger partial charge in [-0.2, -0.15) is 0 Å². The van der Waals surface area contributed by atoms with E-state index in [4.69, 9.17) is 4.74 Å². The van der Waals surface area contributed by atoms with Gasteiger partial charge >= 0.3 is 5.97 Å². The Balaban J connectivity index is 1.60. The van der Waals surface area contributed by atoms with Crippen molar-refractivity contribution in [1.29, 1.82) is 0 Å². The normalized spacial score (nSPS) is 16.0. The summed E-state index contributed by atoms with van der Waals surface area (Å²) < 4.78 is 6.46. The second kappa shape index (κ2) is 7.38. The molecule has 8 nitrogen and oxygen atoms in total. The van der Waals surface area contributed by atoms with Gasteiger partial charge < -0.3 is 14.5 Å². The van der Waals surface area contributed by atoms with Crippen LogP contribution in [-0.2, 0) is 11.3 Å². The molecule has 0 N–H and O–H groups in total. The highest BCUT2D eigenvalue weighted by molar-refractivity contribution is 6.01. The Morgan fingerprint density at radius 3 is 2.69 bits per heavy atom. The summed E-state index contributed by atoms with van der Waals surface area (Å²) in [6, 6.07) is 14.7. The second-order valence-electron chi connectivity index (χ2n) is 6.95. The summed E-state index contributed by atoms with van der Waals surface area (Å²) in [5.41, 5.74) is 3.58. The van der Waals surface area contributed by atoms with Crippen LogP contribution < -0.4 is 4.90 Å². The summed E-state index contributed by atoms with van der Waals surface area (Å²) in [6.45, 7) is 0.447. The summed E-state index contributed by atoms with van der Waals surface area (Å²) >= 11 is 0. The fourth-order valence-corrected chi connectivity index (χ4v) is 3.66. The van der Waals surface area contributed by atoms with Crippen LogP contribution in [0.1, 0.15) is 38.1 Å². The first-order chi connectivity index (χ1) is 14.0. The fourth-order valence-electron chi connectivity index (χ4n) is 3.66. The predicted octanol–water partition coefficient (Wildman–Crippen LogP) is 2.33. The van der Waals surface area contributed by atoms with Gasteiger partial charge in [0.1, 0.15) is 5.69 Å². The van der Waals surface area contributed by atoms with Crippen molar-refractivity contribution in [3.63, 3.8) is 0 Å². The maximum atomic E-state index is 12.8. The van der Waals surface area contributed by atoms with Gasteiger partial charge in [-0.05, 0) is 29.8 Å². The standard InChI is InChI=1S/C21H21N5O3/c1-24-18-10-5-4-9-16(18)20(27)25(2)19(24)17-13-26(23-22-17)12-14-7-6-8-15(11-14)21(28)29-3/h4-11,13,19H,12H2,1-3H3/t19-/m0/s1. The summed E-state index contributed by atoms with van der Waals surface area (Å²) in [5.74, 6) is -0.433. The number of para-hydroxylation sites is 1. The first kappa shape index (κ1) is 18.7. The van der Waals surface area contributed by atoms with Gasteiger partial charge in [-0.15, -0.1) is 5.10 Å². The number of esters is 1. The topological polar surface area (TPSA) is 80.6 Å². The maximum Gasteiger partial charge on any atom is 0.337 e. The molecule has 0 saturated carbocycles. The molecule has 0 bridgehead atoms. The molecule has 3 aromatic rings. The largest absolute Gasteiger partial charge is 0.465 e. The Bertz CT molecular complexity index is 1080. The molecule has 0 radical (unpaired) electrons. The first-order valence-corrected chi connectivity index (χ1v) is 9.16. The van der Waals surface area contributed by atoms with E-state index in [1.807, 2.05) is 48.5 Å². The van der Waals surface area contributed by atoms with Crippen molar-refractivity contribution < 1.29 is 14.3 Å². The van der Waals surface area contributed by atoms with E-state index in [0.717, 1.165) is 11.3 Å². The Labute approximate surface area is 168 Å². The van der Waals surface area contributed by atoms with Gasteiger partial charge in [0.05, 0.1) is 36.7 Å². The van der Waals surface area contributed by atoms with Crippen LogP contribution in [0.3, 0.4) is 0 Å². The molecule has 0 saturated heterocycles. The van der Waals surface area contributed by atoms with Crippen molar-refractivity contribution in [3.05, 3.63) is 77.1 Å². The van der Waals surface area contributed by atoms with E-state index < -0.39 is 0 Å². The minimum atomic E-state index is -0.381. The first-order valence-electron chi connectivity index (χ1n) is 9.16. The lowest BCUT2D eigenvalue weighted by atomic mass is 10.1. The smallest absolute Gasteiger partial charge is 0.337 e. The van der Waals surface area contributed by atoms with E-state index in [1.54, 1.807) is 34.8 Å². The summed E-state index contributed by atoms with van der Waals surface area (Å²) in [5, 5.41) is 8.52. The zero-order valence-corrected chi connectivity index (χ0v) is 16.4. The minimum absolute atomic E-state index is 0.0518. The van der Waals surface area contributed by atoms with Gasteiger partial charge in [0, 0.05) is 14.1 Å². The summed E-state index contributed by atoms with van der Waals surface area (Å²) in [6.07, 6.45) is 1.47. The van der Waals surface area contributed by atoms with Crippen LogP contribution in [0, 0.1) is 0 Å². The minimum Gasteiger partial charge on any atom is -0.465 e. The van der Waals surface area contributed by atoms with Crippen LogP contribution in [0.5, 0.6) is 0 Å². The van der Waals surface area contributed by atoms with Crippen LogP contribution in [0.4, 0.5) is 5.69 Å². The molecule has 2 heterocycles. The molecule has 1 aliphatic heterocycles. The fraction of sp³-hybridized carbons (Fsp3) is 0.238. The van der Waals surface area contributed by atoms with Crippen molar-refractivity contribution in [1.82, 2.24) is 19.9 Å². The third kappa shape index (κ3) is 3.33. The maximum absolute atomic E-state index is 12.8. The Hall–Kier alpha value is -3.68. The molecule has 29 heavy (non-hydrogen) atoms. The number of benzene rings is 2. The molecule has 1 aliphatic rings. The number of amides is 1. The predicted molar refractivity (Wildman–Crippen MR) is 107 cm³/mol. The third-order valence-electron chi connectivity index (χ3n) is 5.08. The number of rotatable bonds is 4. The van der Waals surface area contributed by atoms with Crippen LogP contribution in [-0.4, -0.2) is 53.0 Å².